The molecule has 4 nitrogen and oxygen atoms in total. The highest BCUT2D eigenvalue weighted by molar-refractivity contribution is 9.10. The Balaban J connectivity index is 2.96. The molecule has 1 rings (SSSR count). The summed E-state index contributed by atoms with van der Waals surface area (Å²) in [5, 5.41) is -0.140. The molecule has 1 aromatic rings. The summed E-state index contributed by atoms with van der Waals surface area (Å²) in [6.45, 7) is 3.19. The summed E-state index contributed by atoms with van der Waals surface area (Å²) < 4.78 is 25.9. The van der Waals surface area contributed by atoms with Crippen molar-refractivity contribution >= 4 is 43.2 Å². The molecule has 1 N–H and O–H groups in total. The minimum absolute atomic E-state index is 0.358. The van der Waals surface area contributed by atoms with Crippen LogP contribution in [0.15, 0.2) is 16.9 Å². The third kappa shape index (κ3) is 3.32. The number of halogens is 2. The van der Waals surface area contributed by atoms with E-state index in [0.29, 0.717) is 15.3 Å². The van der Waals surface area contributed by atoms with Gasteiger partial charge in [0.1, 0.15) is 4.60 Å². The van der Waals surface area contributed by atoms with Gasteiger partial charge < -0.3 is 0 Å². The molecule has 0 atom stereocenters. The quantitative estimate of drug-likeness (QED) is 0.873. The number of nitrogens with zero attached hydrogens (tertiary/aromatic N) is 1. The Morgan fingerprint density at radius 2 is 2.13 bits per heavy atom. The molecule has 7 heteroatoms. The van der Waals surface area contributed by atoms with E-state index in [2.05, 4.69) is 25.6 Å². The van der Waals surface area contributed by atoms with Gasteiger partial charge in [-0.05, 0) is 35.8 Å². The van der Waals surface area contributed by atoms with Gasteiger partial charge in [-0.1, -0.05) is 11.6 Å². The summed E-state index contributed by atoms with van der Waals surface area (Å²) in [6.07, 6.45) is 1.40. The van der Waals surface area contributed by atoms with Gasteiger partial charge in [0.25, 0.3) is 0 Å². The molecule has 0 saturated heterocycles. The van der Waals surface area contributed by atoms with Gasteiger partial charge in [-0.2, -0.15) is 0 Å². The van der Waals surface area contributed by atoms with Crippen LogP contribution in [0.3, 0.4) is 0 Å². The molecule has 0 bridgehead atoms. The number of rotatable bonds is 3. The summed E-state index contributed by atoms with van der Waals surface area (Å²) >= 11 is 8.90. The molecular formula is C8H10BrClN2O2S. The summed E-state index contributed by atoms with van der Waals surface area (Å²) in [7, 11) is -3.34. The molecule has 15 heavy (non-hydrogen) atoms. The van der Waals surface area contributed by atoms with Gasteiger partial charge in [0, 0.05) is 0 Å². The van der Waals surface area contributed by atoms with Gasteiger partial charge in [-0.25, -0.2) is 13.4 Å². The Morgan fingerprint density at radius 1 is 1.53 bits per heavy atom. The van der Waals surface area contributed by atoms with Gasteiger partial charge in [-0.15, -0.1) is 0 Å². The topological polar surface area (TPSA) is 59.1 Å². The Hall–Kier alpha value is -0.330. The van der Waals surface area contributed by atoms with Crippen LogP contribution in [0.1, 0.15) is 13.8 Å². The van der Waals surface area contributed by atoms with Gasteiger partial charge in [0.2, 0.25) is 10.0 Å². The van der Waals surface area contributed by atoms with E-state index in [1.54, 1.807) is 13.8 Å². The van der Waals surface area contributed by atoms with E-state index in [-0.39, 0.29) is 0 Å². The maximum atomic E-state index is 11.5. The van der Waals surface area contributed by atoms with Crippen LogP contribution in [-0.4, -0.2) is 18.7 Å². The average Bonchev–Trinajstić information content (AvgIpc) is 2.10. The minimum atomic E-state index is -3.34. The molecule has 0 spiro atoms. The highest BCUT2D eigenvalue weighted by Gasteiger charge is 2.16. The SMILES string of the molecule is CC(C)S(=O)(=O)Nc1cnc(Br)c(Cl)c1. The summed E-state index contributed by atoms with van der Waals surface area (Å²) in [5.41, 5.74) is 0.358. The number of hydrogen-bond donors (Lipinski definition) is 1. The van der Waals surface area contributed by atoms with Crippen molar-refractivity contribution in [2.75, 3.05) is 4.72 Å². The van der Waals surface area contributed by atoms with Crippen LogP contribution >= 0.6 is 27.5 Å². The Bertz CT molecular complexity index is 462. The lowest BCUT2D eigenvalue weighted by molar-refractivity contribution is 0.593. The molecule has 0 radical (unpaired) electrons. The molecule has 0 saturated carbocycles. The first-order valence-electron chi connectivity index (χ1n) is 4.15. The molecule has 0 fully saturated rings. The van der Waals surface area contributed by atoms with Crippen molar-refractivity contribution in [1.29, 1.82) is 0 Å². The molecule has 0 aliphatic heterocycles. The molecule has 0 amide bonds. The first-order valence-corrected chi connectivity index (χ1v) is 6.87. The van der Waals surface area contributed by atoms with Crippen molar-refractivity contribution in [3.8, 4) is 0 Å². The normalized spacial score (nSPS) is 11.8. The Morgan fingerprint density at radius 3 is 2.60 bits per heavy atom. The highest BCUT2D eigenvalue weighted by atomic mass is 79.9. The Labute approximate surface area is 102 Å². The fourth-order valence-corrected chi connectivity index (χ4v) is 1.82. The molecule has 0 aliphatic carbocycles. The monoisotopic (exact) mass is 312 g/mol. The van der Waals surface area contributed by atoms with Gasteiger partial charge >= 0.3 is 0 Å². The first-order chi connectivity index (χ1) is 6.83. The third-order valence-electron chi connectivity index (χ3n) is 1.68. The predicted molar refractivity (Wildman–Crippen MR) is 64.6 cm³/mol. The Kier molecular flexibility index (Phi) is 3.97. The third-order valence-corrected chi connectivity index (χ3v) is 4.59. The zero-order valence-electron chi connectivity index (χ0n) is 8.16. The van der Waals surface area contributed by atoms with Crippen molar-refractivity contribution < 1.29 is 8.42 Å². The van der Waals surface area contributed by atoms with Crippen LogP contribution < -0.4 is 4.72 Å². The van der Waals surface area contributed by atoms with Crippen LogP contribution in [0.5, 0.6) is 0 Å². The average molecular weight is 314 g/mol. The summed E-state index contributed by atoms with van der Waals surface area (Å²) in [6, 6.07) is 1.50. The molecule has 0 unspecified atom stereocenters. The van der Waals surface area contributed by atoms with E-state index in [4.69, 9.17) is 11.6 Å². The minimum Gasteiger partial charge on any atom is -0.282 e. The second kappa shape index (κ2) is 4.67. The van der Waals surface area contributed by atoms with E-state index in [1.165, 1.54) is 12.3 Å². The first kappa shape index (κ1) is 12.7. The maximum absolute atomic E-state index is 11.5. The van der Waals surface area contributed by atoms with Crippen LogP contribution in [-0.2, 0) is 10.0 Å². The molecule has 1 heterocycles. The lowest BCUT2D eigenvalue weighted by Crippen LogP contribution is -2.22. The van der Waals surface area contributed by atoms with E-state index >= 15 is 0 Å². The van der Waals surface area contributed by atoms with Crippen LogP contribution in [0.2, 0.25) is 5.02 Å². The lowest BCUT2D eigenvalue weighted by Gasteiger charge is -2.10. The van der Waals surface area contributed by atoms with Gasteiger partial charge in [0.05, 0.1) is 22.2 Å². The van der Waals surface area contributed by atoms with Crippen molar-refractivity contribution in [2.45, 2.75) is 19.1 Å². The number of anilines is 1. The number of sulfonamides is 1. The van der Waals surface area contributed by atoms with Gasteiger partial charge in [0.15, 0.2) is 0 Å². The summed E-state index contributed by atoms with van der Waals surface area (Å²) in [4.78, 5) is 3.88. The predicted octanol–water partition coefficient (Wildman–Crippen LogP) is 2.65. The number of pyridine rings is 1. The van der Waals surface area contributed by atoms with E-state index in [0.717, 1.165) is 0 Å². The van der Waals surface area contributed by atoms with E-state index in [1.807, 2.05) is 0 Å². The number of aromatic nitrogens is 1. The van der Waals surface area contributed by atoms with Crippen LogP contribution in [0, 0.1) is 0 Å². The second-order valence-corrected chi connectivity index (χ2v) is 6.59. The zero-order valence-corrected chi connectivity index (χ0v) is 11.3. The van der Waals surface area contributed by atoms with Gasteiger partial charge in [-0.3, -0.25) is 4.72 Å². The van der Waals surface area contributed by atoms with Crippen LogP contribution in [0.25, 0.3) is 0 Å². The smallest absolute Gasteiger partial charge is 0.235 e. The number of hydrogen-bond acceptors (Lipinski definition) is 3. The largest absolute Gasteiger partial charge is 0.282 e. The zero-order chi connectivity index (χ0) is 11.6. The molecule has 1 aromatic heterocycles. The van der Waals surface area contributed by atoms with E-state index < -0.39 is 15.3 Å². The summed E-state index contributed by atoms with van der Waals surface area (Å²) in [5.74, 6) is 0. The maximum Gasteiger partial charge on any atom is 0.235 e. The highest BCUT2D eigenvalue weighted by Crippen LogP contribution is 2.23. The molecule has 0 aliphatic rings. The van der Waals surface area contributed by atoms with E-state index in [9.17, 15) is 8.42 Å². The standard InChI is InChI=1S/C8H10BrClN2O2S/c1-5(2)15(13,14)12-6-3-7(10)8(9)11-4-6/h3-5,12H,1-2H3. The van der Waals surface area contributed by atoms with Crippen molar-refractivity contribution in [1.82, 2.24) is 4.98 Å². The fraction of sp³-hybridized carbons (Fsp3) is 0.375. The van der Waals surface area contributed by atoms with Crippen molar-refractivity contribution in [2.24, 2.45) is 0 Å². The lowest BCUT2D eigenvalue weighted by atomic mass is 10.4. The second-order valence-electron chi connectivity index (χ2n) is 3.19. The molecular weight excluding hydrogens is 304 g/mol. The van der Waals surface area contributed by atoms with Crippen molar-refractivity contribution in [3.63, 3.8) is 0 Å². The molecule has 84 valence electrons. The molecule has 0 aromatic carbocycles. The fourth-order valence-electron chi connectivity index (χ4n) is 0.759. The van der Waals surface area contributed by atoms with Crippen LogP contribution in [0.4, 0.5) is 5.69 Å². The number of nitrogens with one attached hydrogen (secondary N) is 1. The van der Waals surface area contributed by atoms with Crippen molar-refractivity contribution in [3.05, 3.63) is 21.9 Å².